The highest BCUT2D eigenvalue weighted by molar-refractivity contribution is 14.0. The van der Waals surface area contributed by atoms with E-state index >= 15 is 0 Å². The van der Waals surface area contributed by atoms with Crippen LogP contribution in [0.25, 0.3) is 0 Å². The number of hydrogen-bond donors (Lipinski definition) is 1. The van der Waals surface area contributed by atoms with E-state index in [-0.39, 0.29) is 30.1 Å². The third kappa shape index (κ3) is 8.35. The monoisotopic (exact) mass is 522 g/mol. The number of nitrogens with one attached hydrogen (secondary N) is 1. The largest absolute Gasteiger partial charge is 0.444 e. The lowest BCUT2D eigenvalue weighted by Gasteiger charge is -2.36. The Morgan fingerprint density at radius 1 is 1.38 bits per heavy atom. The summed E-state index contributed by atoms with van der Waals surface area (Å²) >= 11 is 0. The van der Waals surface area contributed by atoms with Crippen LogP contribution in [-0.4, -0.2) is 70.8 Å². The van der Waals surface area contributed by atoms with Crippen LogP contribution in [0.4, 0.5) is 4.79 Å². The summed E-state index contributed by atoms with van der Waals surface area (Å²) in [5.74, 6) is 2.46. The van der Waals surface area contributed by atoms with E-state index < -0.39 is 5.60 Å². The number of carbonyl (C=O) groups is 1. The van der Waals surface area contributed by atoms with Gasteiger partial charge in [0.25, 0.3) is 0 Å². The standard InChI is InChI=1S/C19H34N6O3.HI/c1-7-24(18(26)27-19(3,4)5)13-15-8-10-25(11-9-15)17(20-6)21-12-16-22-14(2)28-23-16;/h15H,7-13H2,1-6H3,(H,20,21);1H. The zero-order chi connectivity index (χ0) is 20.7. The molecule has 0 aromatic carbocycles. The third-order valence-corrected chi connectivity index (χ3v) is 4.61. The quantitative estimate of drug-likeness (QED) is 0.361. The molecule has 1 fully saturated rings. The predicted octanol–water partition coefficient (Wildman–Crippen LogP) is 3.04. The molecule has 0 unspecified atom stereocenters. The van der Waals surface area contributed by atoms with Crippen LogP contribution in [0.15, 0.2) is 9.52 Å². The minimum atomic E-state index is -0.469. The average molecular weight is 522 g/mol. The van der Waals surface area contributed by atoms with E-state index in [1.165, 1.54) is 0 Å². The normalized spacial score (nSPS) is 15.7. The summed E-state index contributed by atoms with van der Waals surface area (Å²) in [5, 5.41) is 7.18. The van der Waals surface area contributed by atoms with Crippen LogP contribution in [0.1, 0.15) is 52.3 Å². The Balaban J connectivity index is 0.00000420. The van der Waals surface area contributed by atoms with Gasteiger partial charge >= 0.3 is 6.09 Å². The van der Waals surface area contributed by atoms with Crippen LogP contribution in [0.3, 0.4) is 0 Å². The number of carbonyl (C=O) groups excluding carboxylic acids is 1. The molecule has 29 heavy (non-hydrogen) atoms. The number of halogens is 1. The second kappa shape index (κ2) is 11.6. The van der Waals surface area contributed by atoms with E-state index in [1.54, 1.807) is 18.9 Å². The number of piperidine rings is 1. The molecule has 166 valence electrons. The molecule has 2 rings (SSSR count). The summed E-state index contributed by atoms with van der Waals surface area (Å²) in [7, 11) is 1.78. The van der Waals surface area contributed by atoms with Crippen LogP contribution in [0.5, 0.6) is 0 Å². The van der Waals surface area contributed by atoms with Gasteiger partial charge in [0.2, 0.25) is 5.89 Å². The van der Waals surface area contributed by atoms with Gasteiger partial charge in [0, 0.05) is 40.2 Å². The van der Waals surface area contributed by atoms with E-state index in [9.17, 15) is 4.79 Å². The molecule has 10 heteroatoms. The molecule has 1 aliphatic rings. The van der Waals surface area contributed by atoms with E-state index in [1.807, 2.05) is 27.7 Å². The molecule has 1 aromatic heterocycles. The Morgan fingerprint density at radius 3 is 2.52 bits per heavy atom. The Morgan fingerprint density at radius 2 is 2.03 bits per heavy atom. The van der Waals surface area contributed by atoms with Gasteiger partial charge in [-0.15, -0.1) is 24.0 Å². The number of nitrogens with zero attached hydrogens (tertiary/aromatic N) is 5. The fourth-order valence-corrected chi connectivity index (χ4v) is 3.20. The summed E-state index contributed by atoms with van der Waals surface area (Å²) in [5.41, 5.74) is -0.469. The second-order valence-electron chi connectivity index (χ2n) is 8.08. The molecular formula is C19H35IN6O3. The van der Waals surface area contributed by atoms with Crippen molar-refractivity contribution in [3.05, 3.63) is 11.7 Å². The van der Waals surface area contributed by atoms with Gasteiger partial charge in [-0.3, -0.25) is 4.99 Å². The number of likely N-dealkylation sites (tertiary alicyclic amines) is 1. The number of hydrogen-bond acceptors (Lipinski definition) is 6. The highest BCUT2D eigenvalue weighted by Crippen LogP contribution is 2.20. The average Bonchev–Trinajstić information content (AvgIpc) is 3.05. The third-order valence-electron chi connectivity index (χ3n) is 4.61. The minimum Gasteiger partial charge on any atom is -0.444 e. The summed E-state index contributed by atoms with van der Waals surface area (Å²) in [6.07, 6.45) is 1.77. The van der Waals surface area contributed by atoms with Gasteiger partial charge in [0.15, 0.2) is 11.8 Å². The summed E-state index contributed by atoms with van der Waals surface area (Å²) in [6.45, 7) is 13.1. The number of ether oxygens (including phenoxy) is 1. The van der Waals surface area contributed by atoms with Crippen LogP contribution < -0.4 is 5.32 Å². The van der Waals surface area contributed by atoms with Crippen molar-refractivity contribution in [2.45, 2.75) is 59.6 Å². The lowest BCUT2D eigenvalue weighted by Crippen LogP contribution is -2.47. The summed E-state index contributed by atoms with van der Waals surface area (Å²) in [4.78, 5) is 24.9. The zero-order valence-electron chi connectivity index (χ0n) is 18.4. The van der Waals surface area contributed by atoms with E-state index in [2.05, 4.69) is 25.3 Å². The summed E-state index contributed by atoms with van der Waals surface area (Å²) < 4.78 is 10.5. The first-order valence-corrected chi connectivity index (χ1v) is 9.94. The molecule has 2 heterocycles. The van der Waals surface area contributed by atoms with Crippen molar-refractivity contribution in [1.82, 2.24) is 25.3 Å². The number of aromatic nitrogens is 2. The van der Waals surface area contributed by atoms with Crippen LogP contribution in [0, 0.1) is 12.8 Å². The first-order valence-electron chi connectivity index (χ1n) is 9.94. The first kappa shape index (κ1) is 25.4. The topological polar surface area (TPSA) is 96.1 Å². The molecule has 1 aromatic rings. The van der Waals surface area contributed by atoms with Gasteiger partial charge in [-0.2, -0.15) is 4.98 Å². The number of guanidine groups is 1. The van der Waals surface area contributed by atoms with Crippen molar-refractivity contribution in [3.8, 4) is 0 Å². The summed E-state index contributed by atoms with van der Waals surface area (Å²) in [6, 6.07) is 0. The molecule has 0 spiro atoms. The van der Waals surface area contributed by atoms with Crippen molar-refractivity contribution in [2.75, 3.05) is 33.2 Å². The van der Waals surface area contributed by atoms with Crippen LogP contribution in [-0.2, 0) is 11.3 Å². The van der Waals surface area contributed by atoms with Gasteiger partial charge in [0.05, 0.1) is 6.54 Å². The van der Waals surface area contributed by atoms with Crippen LogP contribution >= 0.6 is 24.0 Å². The van der Waals surface area contributed by atoms with Gasteiger partial charge in [-0.05, 0) is 46.5 Å². The predicted molar refractivity (Wildman–Crippen MR) is 122 cm³/mol. The molecule has 0 saturated carbocycles. The highest BCUT2D eigenvalue weighted by atomic mass is 127. The SMILES string of the molecule is CCN(CC1CCN(C(=NC)NCc2noc(C)n2)CC1)C(=O)OC(C)(C)C.I. The molecule has 1 amide bonds. The Hall–Kier alpha value is -1.59. The maximum Gasteiger partial charge on any atom is 0.410 e. The van der Waals surface area contributed by atoms with Gasteiger partial charge in [-0.1, -0.05) is 5.16 Å². The maximum atomic E-state index is 12.3. The fourth-order valence-electron chi connectivity index (χ4n) is 3.20. The maximum absolute atomic E-state index is 12.3. The number of aryl methyl sites for hydroxylation is 1. The molecule has 1 aliphatic heterocycles. The number of rotatable bonds is 5. The Kier molecular flexibility index (Phi) is 10.1. The highest BCUT2D eigenvalue weighted by Gasteiger charge is 2.27. The van der Waals surface area contributed by atoms with Gasteiger partial charge in [-0.25, -0.2) is 4.79 Å². The Labute approximate surface area is 190 Å². The molecule has 9 nitrogen and oxygen atoms in total. The van der Waals surface area contributed by atoms with Gasteiger partial charge < -0.3 is 24.4 Å². The molecule has 1 saturated heterocycles. The van der Waals surface area contributed by atoms with Crippen molar-refractivity contribution in [2.24, 2.45) is 10.9 Å². The molecule has 0 bridgehead atoms. The van der Waals surface area contributed by atoms with Crippen molar-refractivity contribution in [3.63, 3.8) is 0 Å². The smallest absolute Gasteiger partial charge is 0.410 e. The van der Waals surface area contributed by atoms with Crippen LogP contribution in [0.2, 0.25) is 0 Å². The Bertz CT molecular complexity index is 665. The van der Waals surface area contributed by atoms with Crippen molar-refractivity contribution in [1.29, 1.82) is 0 Å². The van der Waals surface area contributed by atoms with E-state index in [4.69, 9.17) is 9.26 Å². The molecular weight excluding hydrogens is 487 g/mol. The number of aliphatic imine (C=N–C) groups is 1. The molecule has 0 aliphatic carbocycles. The molecule has 0 atom stereocenters. The zero-order valence-corrected chi connectivity index (χ0v) is 20.7. The fraction of sp³-hybridized carbons (Fsp3) is 0.789. The molecule has 1 N–H and O–H groups in total. The minimum absolute atomic E-state index is 0. The number of amides is 1. The lowest BCUT2D eigenvalue weighted by atomic mass is 9.96. The lowest BCUT2D eigenvalue weighted by molar-refractivity contribution is 0.0214. The molecule has 0 radical (unpaired) electrons. The van der Waals surface area contributed by atoms with E-state index in [0.29, 0.717) is 30.7 Å². The van der Waals surface area contributed by atoms with E-state index in [0.717, 1.165) is 38.4 Å². The second-order valence-corrected chi connectivity index (χ2v) is 8.08. The first-order chi connectivity index (χ1) is 13.2. The van der Waals surface area contributed by atoms with Gasteiger partial charge in [0.1, 0.15) is 5.60 Å². The van der Waals surface area contributed by atoms with Crippen molar-refractivity contribution >= 4 is 36.0 Å². The van der Waals surface area contributed by atoms with Crippen molar-refractivity contribution < 1.29 is 14.1 Å².